The maximum absolute atomic E-state index is 10.9. The standard InChI is InChI=1S/C10H10N4O7/c1-2-21-10(16)12-11-5-6-3-7(13(17)18)4-8(9(6)15)14(19)20/h3-5,15H,2H2,1H3,(H,12,16). The Balaban J connectivity index is 3.11. The molecule has 0 aliphatic carbocycles. The number of hydrazone groups is 1. The molecule has 0 unspecified atom stereocenters. The number of nitro groups is 2. The highest BCUT2D eigenvalue weighted by atomic mass is 16.6. The molecule has 1 rings (SSSR count). The first kappa shape index (κ1) is 15.8. The Morgan fingerprint density at radius 1 is 1.43 bits per heavy atom. The third kappa shape index (κ3) is 4.12. The molecule has 0 radical (unpaired) electrons. The fraction of sp³-hybridized carbons (Fsp3) is 0.200. The van der Waals surface area contributed by atoms with Gasteiger partial charge in [0.05, 0.1) is 34.3 Å². The number of nitrogens with zero attached hydrogens (tertiary/aromatic N) is 3. The SMILES string of the molecule is CCOC(=O)NN=Cc1cc([N+](=O)[O-])cc([N+](=O)[O-])c1O. The monoisotopic (exact) mass is 298 g/mol. The van der Waals surface area contributed by atoms with E-state index in [1.807, 2.05) is 5.43 Å². The Kier molecular flexibility index (Phi) is 5.11. The Morgan fingerprint density at radius 3 is 2.62 bits per heavy atom. The predicted octanol–water partition coefficient (Wildman–Crippen LogP) is 1.29. The van der Waals surface area contributed by atoms with Gasteiger partial charge in [0.1, 0.15) is 0 Å². The topological polar surface area (TPSA) is 157 Å². The maximum Gasteiger partial charge on any atom is 0.427 e. The van der Waals surface area contributed by atoms with Crippen LogP contribution >= 0.6 is 0 Å². The molecular formula is C10H10N4O7. The first-order valence-corrected chi connectivity index (χ1v) is 5.48. The minimum Gasteiger partial charge on any atom is -0.502 e. The van der Waals surface area contributed by atoms with Gasteiger partial charge in [-0.1, -0.05) is 0 Å². The average molecular weight is 298 g/mol. The number of carbonyl (C=O) groups is 1. The molecule has 112 valence electrons. The van der Waals surface area contributed by atoms with Crippen molar-refractivity contribution >= 4 is 23.7 Å². The van der Waals surface area contributed by atoms with Crippen molar-refractivity contribution in [2.24, 2.45) is 5.10 Å². The van der Waals surface area contributed by atoms with Gasteiger partial charge in [0.25, 0.3) is 5.69 Å². The van der Waals surface area contributed by atoms with Crippen molar-refractivity contribution in [3.8, 4) is 5.75 Å². The lowest BCUT2D eigenvalue weighted by Gasteiger charge is -2.01. The van der Waals surface area contributed by atoms with Crippen LogP contribution in [0, 0.1) is 20.2 Å². The molecule has 21 heavy (non-hydrogen) atoms. The van der Waals surface area contributed by atoms with Gasteiger partial charge in [-0.25, -0.2) is 10.2 Å². The minimum absolute atomic E-state index is 0.106. The van der Waals surface area contributed by atoms with Crippen LogP contribution in [0.3, 0.4) is 0 Å². The van der Waals surface area contributed by atoms with E-state index in [1.165, 1.54) is 0 Å². The van der Waals surface area contributed by atoms with E-state index in [1.54, 1.807) is 6.92 Å². The number of phenolic OH excluding ortho intramolecular Hbond substituents is 1. The maximum atomic E-state index is 10.9. The quantitative estimate of drug-likeness (QED) is 0.470. The van der Waals surface area contributed by atoms with Crippen molar-refractivity contribution in [2.45, 2.75) is 6.92 Å². The summed E-state index contributed by atoms with van der Waals surface area (Å²) in [5, 5.41) is 34.4. The van der Waals surface area contributed by atoms with Gasteiger partial charge < -0.3 is 9.84 Å². The van der Waals surface area contributed by atoms with Gasteiger partial charge in [-0.2, -0.15) is 5.10 Å². The predicted molar refractivity (Wildman–Crippen MR) is 69.2 cm³/mol. The smallest absolute Gasteiger partial charge is 0.427 e. The fourth-order valence-corrected chi connectivity index (χ4v) is 1.29. The summed E-state index contributed by atoms with van der Waals surface area (Å²) >= 11 is 0. The number of nitro benzene ring substituents is 2. The highest BCUT2D eigenvalue weighted by Gasteiger charge is 2.23. The Hall–Kier alpha value is -3.24. The van der Waals surface area contributed by atoms with Crippen molar-refractivity contribution in [3.05, 3.63) is 37.9 Å². The van der Waals surface area contributed by atoms with Gasteiger partial charge in [0, 0.05) is 6.07 Å². The van der Waals surface area contributed by atoms with Crippen LogP contribution in [0.25, 0.3) is 0 Å². The average Bonchev–Trinajstić information content (AvgIpc) is 2.40. The van der Waals surface area contributed by atoms with Crippen LogP contribution in [0.2, 0.25) is 0 Å². The lowest BCUT2D eigenvalue weighted by molar-refractivity contribution is -0.394. The van der Waals surface area contributed by atoms with Crippen LogP contribution < -0.4 is 5.43 Å². The Labute approximate surface area is 117 Å². The van der Waals surface area contributed by atoms with Gasteiger partial charge in [-0.05, 0) is 6.92 Å². The molecule has 0 aliphatic rings. The number of hydrogen-bond acceptors (Lipinski definition) is 8. The third-order valence-corrected chi connectivity index (χ3v) is 2.15. The van der Waals surface area contributed by atoms with Crippen LogP contribution in [-0.2, 0) is 4.74 Å². The third-order valence-electron chi connectivity index (χ3n) is 2.15. The highest BCUT2D eigenvalue weighted by Crippen LogP contribution is 2.33. The number of benzene rings is 1. The van der Waals surface area contributed by atoms with Crippen molar-refractivity contribution in [1.82, 2.24) is 5.43 Å². The van der Waals surface area contributed by atoms with E-state index in [2.05, 4.69) is 9.84 Å². The van der Waals surface area contributed by atoms with Crippen LogP contribution in [0.15, 0.2) is 17.2 Å². The molecule has 0 saturated heterocycles. The number of phenols is 1. The second-order valence-electron chi connectivity index (χ2n) is 3.51. The van der Waals surface area contributed by atoms with E-state index in [9.17, 15) is 30.1 Å². The molecule has 0 bridgehead atoms. The molecule has 1 aromatic carbocycles. The molecule has 0 atom stereocenters. The van der Waals surface area contributed by atoms with Gasteiger partial charge in [0.2, 0.25) is 5.75 Å². The summed E-state index contributed by atoms with van der Waals surface area (Å²) in [5.41, 5.74) is 0.170. The van der Waals surface area contributed by atoms with Crippen LogP contribution in [0.1, 0.15) is 12.5 Å². The number of ether oxygens (including phenoxy) is 1. The summed E-state index contributed by atoms with van der Waals surface area (Å²) in [6.45, 7) is 1.67. The molecule has 0 heterocycles. The molecule has 0 spiro atoms. The molecule has 11 nitrogen and oxygen atoms in total. The van der Waals surface area contributed by atoms with Crippen molar-refractivity contribution < 1.29 is 24.5 Å². The highest BCUT2D eigenvalue weighted by molar-refractivity contribution is 5.87. The van der Waals surface area contributed by atoms with Gasteiger partial charge in [-0.3, -0.25) is 20.2 Å². The molecule has 0 aromatic heterocycles. The number of rotatable bonds is 5. The summed E-state index contributed by atoms with van der Waals surface area (Å²) in [5.74, 6) is -0.806. The largest absolute Gasteiger partial charge is 0.502 e. The summed E-state index contributed by atoms with van der Waals surface area (Å²) in [7, 11) is 0. The molecule has 11 heteroatoms. The molecule has 0 saturated carbocycles. The lowest BCUT2D eigenvalue weighted by Crippen LogP contribution is -2.18. The molecule has 2 N–H and O–H groups in total. The van der Waals surface area contributed by atoms with Crippen LogP contribution in [-0.4, -0.2) is 33.9 Å². The van der Waals surface area contributed by atoms with E-state index in [0.717, 1.165) is 12.3 Å². The molecule has 1 aromatic rings. The summed E-state index contributed by atoms with van der Waals surface area (Å²) < 4.78 is 4.49. The van der Waals surface area contributed by atoms with Crippen molar-refractivity contribution in [3.63, 3.8) is 0 Å². The number of non-ortho nitro benzene ring substituents is 1. The molecule has 0 fully saturated rings. The number of nitrogens with one attached hydrogen (secondary N) is 1. The van der Waals surface area contributed by atoms with Gasteiger partial charge in [0.15, 0.2) is 0 Å². The van der Waals surface area contributed by atoms with E-state index < -0.39 is 33.1 Å². The van der Waals surface area contributed by atoms with Crippen molar-refractivity contribution in [1.29, 1.82) is 0 Å². The number of carbonyl (C=O) groups excluding carboxylic acids is 1. The van der Waals surface area contributed by atoms with Crippen molar-refractivity contribution in [2.75, 3.05) is 6.61 Å². The summed E-state index contributed by atoms with van der Waals surface area (Å²) in [4.78, 5) is 30.5. The van der Waals surface area contributed by atoms with E-state index in [4.69, 9.17) is 0 Å². The van der Waals surface area contributed by atoms with E-state index in [0.29, 0.717) is 6.07 Å². The Bertz CT molecular complexity index is 614. The second kappa shape index (κ2) is 6.79. The number of hydrogen-bond donors (Lipinski definition) is 2. The summed E-state index contributed by atoms with van der Waals surface area (Å²) in [6, 6.07) is 1.49. The van der Waals surface area contributed by atoms with Gasteiger partial charge in [-0.15, -0.1) is 0 Å². The second-order valence-corrected chi connectivity index (χ2v) is 3.51. The molecule has 1 amide bonds. The van der Waals surface area contributed by atoms with Gasteiger partial charge >= 0.3 is 11.8 Å². The van der Waals surface area contributed by atoms with Crippen LogP contribution in [0.5, 0.6) is 5.75 Å². The molecule has 0 aliphatic heterocycles. The van der Waals surface area contributed by atoms with E-state index in [-0.39, 0.29) is 12.2 Å². The summed E-state index contributed by atoms with van der Waals surface area (Å²) in [6.07, 6.45) is -0.0557. The normalized spacial score (nSPS) is 10.3. The zero-order valence-electron chi connectivity index (χ0n) is 10.7. The lowest BCUT2D eigenvalue weighted by atomic mass is 10.1. The number of amides is 1. The zero-order valence-corrected chi connectivity index (χ0v) is 10.7. The fourth-order valence-electron chi connectivity index (χ4n) is 1.29. The molecular weight excluding hydrogens is 288 g/mol. The minimum atomic E-state index is -0.974. The zero-order chi connectivity index (χ0) is 16.0. The van der Waals surface area contributed by atoms with Crippen LogP contribution in [0.4, 0.5) is 16.2 Å². The van der Waals surface area contributed by atoms with E-state index >= 15 is 0 Å². The first-order chi connectivity index (χ1) is 9.86. The first-order valence-electron chi connectivity index (χ1n) is 5.48. The number of aromatic hydroxyl groups is 1. The Morgan fingerprint density at radius 2 is 2.10 bits per heavy atom.